The molecule has 0 aliphatic rings. The molecule has 0 aliphatic heterocycles. The van der Waals surface area contributed by atoms with Gasteiger partial charge >= 0.3 is 0 Å². The zero-order valence-electron chi connectivity index (χ0n) is 5.33. The average Bonchev–Trinajstić information content (AvgIpc) is 1.89. The van der Waals surface area contributed by atoms with Crippen molar-refractivity contribution >= 4 is 0 Å². The fraction of sp³-hybridized carbons (Fsp3) is 0.667. The van der Waals surface area contributed by atoms with Gasteiger partial charge in [0.2, 0.25) is 0 Å². The van der Waals surface area contributed by atoms with Gasteiger partial charge < -0.3 is 4.74 Å². The Morgan fingerprint density at radius 1 is 1.89 bits per heavy atom. The summed E-state index contributed by atoms with van der Waals surface area (Å²) < 4.78 is 4.81. The van der Waals surface area contributed by atoms with E-state index in [0.29, 0.717) is 6.61 Å². The molecule has 0 aromatic carbocycles. The number of hydrogen-bond acceptors (Lipinski definition) is 3. The van der Waals surface area contributed by atoms with Gasteiger partial charge in [-0.05, 0) is 6.92 Å². The van der Waals surface area contributed by atoms with E-state index in [1.54, 1.807) is 6.92 Å². The Bertz CT molecular complexity index is 117. The number of ether oxygens (including phenoxy) is 1. The van der Waals surface area contributed by atoms with Gasteiger partial charge in [-0.15, -0.1) is 6.42 Å². The maximum atomic E-state index is 9.72. The largest absolute Gasteiger partial charge is 0.366 e. The van der Waals surface area contributed by atoms with Crippen LogP contribution in [-0.4, -0.2) is 19.3 Å². The monoisotopic (exact) mass is 127 g/mol. The second-order valence-corrected chi connectivity index (χ2v) is 1.67. The average molecular weight is 127 g/mol. The molecule has 0 rings (SSSR count). The van der Waals surface area contributed by atoms with Crippen molar-refractivity contribution in [3.63, 3.8) is 0 Å². The summed E-state index contributed by atoms with van der Waals surface area (Å²) in [6, 6.07) is -0.293. The van der Waals surface area contributed by atoms with Crippen LogP contribution in [0.15, 0.2) is 5.18 Å². The van der Waals surface area contributed by atoms with Crippen LogP contribution in [0.3, 0.4) is 0 Å². The normalized spacial score (nSPS) is 12.0. The summed E-state index contributed by atoms with van der Waals surface area (Å²) in [6.45, 7) is 2.23. The van der Waals surface area contributed by atoms with Gasteiger partial charge in [-0.3, -0.25) is 0 Å². The summed E-state index contributed by atoms with van der Waals surface area (Å²) in [4.78, 5) is 9.72. The lowest BCUT2D eigenvalue weighted by Gasteiger charge is -1.99. The molecule has 0 aromatic rings. The van der Waals surface area contributed by atoms with Crippen LogP contribution in [0.4, 0.5) is 0 Å². The zero-order valence-corrected chi connectivity index (χ0v) is 5.33. The summed E-state index contributed by atoms with van der Waals surface area (Å²) in [6.07, 6.45) is 4.87. The highest BCUT2D eigenvalue weighted by atomic mass is 16.5. The third-order valence-electron chi connectivity index (χ3n) is 0.724. The molecule has 0 aromatic heterocycles. The Labute approximate surface area is 54.4 Å². The summed E-state index contributed by atoms with van der Waals surface area (Å²) in [5.74, 6) is 2.28. The van der Waals surface area contributed by atoms with E-state index in [1.165, 1.54) is 0 Å². The van der Waals surface area contributed by atoms with Gasteiger partial charge in [-0.25, -0.2) is 0 Å². The van der Waals surface area contributed by atoms with E-state index >= 15 is 0 Å². The predicted molar refractivity (Wildman–Crippen MR) is 34.9 cm³/mol. The molecule has 0 radical (unpaired) electrons. The third-order valence-corrected chi connectivity index (χ3v) is 0.724. The first-order valence-electron chi connectivity index (χ1n) is 2.65. The van der Waals surface area contributed by atoms with Crippen molar-refractivity contribution in [1.29, 1.82) is 0 Å². The van der Waals surface area contributed by atoms with Crippen LogP contribution < -0.4 is 0 Å². The van der Waals surface area contributed by atoms with E-state index in [1.807, 2.05) is 0 Å². The molecule has 3 heteroatoms. The molecule has 0 aliphatic carbocycles. The van der Waals surface area contributed by atoms with Gasteiger partial charge in [0.05, 0.1) is 6.61 Å². The molecule has 3 nitrogen and oxygen atoms in total. The predicted octanol–water partition coefficient (Wildman–Crippen LogP) is 0.791. The Morgan fingerprint density at radius 3 is 3.00 bits per heavy atom. The lowest BCUT2D eigenvalue weighted by molar-refractivity contribution is 0.156. The van der Waals surface area contributed by atoms with Crippen molar-refractivity contribution in [1.82, 2.24) is 0 Å². The van der Waals surface area contributed by atoms with E-state index in [2.05, 4.69) is 11.1 Å². The van der Waals surface area contributed by atoms with E-state index in [0.717, 1.165) is 0 Å². The zero-order chi connectivity index (χ0) is 7.11. The second kappa shape index (κ2) is 5.26. The van der Waals surface area contributed by atoms with Crippen molar-refractivity contribution in [3.05, 3.63) is 4.91 Å². The van der Waals surface area contributed by atoms with Crippen LogP contribution in [0.25, 0.3) is 0 Å². The molecule has 1 atom stereocenters. The van der Waals surface area contributed by atoms with Crippen molar-refractivity contribution in [2.75, 3.05) is 13.2 Å². The van der Waals surface area contributed by atoms with Crippen LogP contribution in [-0.2, 0) is 4.74 Å². The van der Waals surface area contributed by atoms with Crippen molar-refractivity contribution in [2.24, 2.45) is 5.18 Å². The first-order chi connectivity index (χ1) is 4.31. The SMILES string of the molecule is C#CCOCC(C)N=O. The first kappa shape index (κ1) is 8.12. The molecule has 9 heavy (non-hydrogen) atoms. The van der Waals surface area contributed by atoms with Gasteiger partial charge in [0.15, 0.2) is 0 Å². The molecule has 0 fully saturated rings. The summed E-state index contributed by atoms with van der Waals surface area (Å²) in [5.41, 5.74) is 0. The smallest absolute Gasteiger partial charge is 0.112 e. The number of nitrogens with zero attached hydrogens (tertiary/aromatic N) is 1. The Kier molecular flexibility index (Phi) is 4.75. The van der Waals surface area contributed by atoms with Crippen molar-refractivity contribution < 1.29 is 4.74 Å². The highest BCUT2D eigenvalue weighted by Gasteiger charge is 1.97. The molecule has 50 valence electrons. The van der Waals surface area contributed by atoms with E-state index in [9.17, 15) is 4.91 Å². The Hall–Kier alpha value is -0.880. The Balaban J connectivity index is 3.08. The minimum Gasteiger partial charge on any atom is -0.366 e. The lowest BCUT2D eigenvalue weighted by Crippen LogP contribution is -2.07. The number of nitroso groups, excluding NO2 is 1. The van der Waals surface area contributed by atoms with Gasteiger partial charge in [0.1, 0.15) is 12.6 Å². The minimum absolute atomic E-state index is 0.250. The fourth-order valence-electron chi connectivity index (χ4n) is 0.319. The third kappa shape index (κ3) is 4.98. The van der Waals surface area contributed by atoms with Crippen LogP contribution in [0.5, 0.6) is 0 Å². The van der Waals surface area contributed by atoms with E-state index < -0.39 is 0 Å². The second-order valence-electron chi connectivity index (χ2n) is 1.67. The van der Waals surface area contributed by atoms with Gasteiger partial charge in [0, 0.05) is 0 Å². The summed E-state index contributed by atoms with van der Waals surface area (Å²) in [5, 5.41) is 2.72. The van der Waals surface area contributed by atoms with Gasteiger partial charge in [-0.1, -0.05) is 11.1 Å². The van der Waals surface area contributed by atoms with Gasteiger partial charge in [-0.2, -0.15) is 4.91 Å². The fourth-order valence-corrected chi connectivity index (χ4v) is 0.319. The molecule has 0 saturated heterocycles. The van der Waals surface area contributed by atoms with Crippen molar-refractivity contribution in [2.45, 2.75) is 13.0 Å². The molecular weight excluding hydrogens is 118 g/mol. The molecule has 0 amide bonds. The molecule has 0 saturated carbocycles. The van der Waals surface area contributed by atoms with E-state index in [4.69, 9.17) is 11.2 Å². The summed E-state index contributed by atoms with van der Waals surface area (Å²) in [7, 11) is 0. The quantitative estimate of drug-likeness (QED) is 0.318. The molecule has 1 unspecified atom stereocenters. The molecule has 0 bridgehead atoms. The summed E-state index contributed by atoms with van der Waals surface area (Å²) >= 11 is 0. The molecule has 0 heterocycles. The minimum atomic E-state index is -0.293. The molecule has 0 spiro atoms. The van der Waals surface area contributed by atoms with Crippen molar-refractivity contribution in [3.8, 4) is 12.3 Å². The maximum Gasteiger partial charge on any atom is 0.112 e. The van der Waals surface area contributed by atoms with Crippen LogP contribution in [0, 0.1) is 17.3 Å². The van der Waals surface area contributed by atoms with Crippen LogP contribution in [0.1, 0.15) is 6.92 Å². The number of terminal acetylenes is 1. The number of hydrogen-bond donors (Lipinski definition) is 0. The van der Waals surface area contributed by atoms with Crippen LogP contribution in [0.2, 0.25) is 0 Å². The number of rotatable bonds is 4. The standard InChI is InChI=1S/C6H9NO2/c1-3-4-9-5-6(2)7-8/h1,6H,4-5H2,2H3. The highest BCUT2D eigenvalue weighted by Crippen LogP contribution is 1.87. The maximum absolute atomic E-state index is 9.72. The highest BCUT2D eigenvalue weighted by molar-refractivity contribution is 4.83. The first-order valence-corrected chi connectivity index (χ1v) is 2.65. The Morgan fingerprint density at radius 2 is 2.56 bits per heavy atom. The van der Waals surface area contributed by atoms with E-state index in [-0.39, 0.29) is 12.6 Å². The van der Waals surface area contributed by atoms with Crippen LogP contribution >= 0.6 is 0 Å². The topological polar surface area (TPSA) is 38.7 Å². The molecular formula is C6H9NO2. The lowest BCUT2D eigenvalue weighted by atomic mass is 10.4. The van der Waals surface area contributed by atoms with Gasteiger partial charge in [0.25, 0.3) is 0 Å². The molecule has 0 N–H and O–H groups in total.